The molecule has 0 fully saturated rings. The van der Waals surface area contributed by atoms with Crippen molar-refractivity contribution >= 4 is 22.4 Å². The molecule has 1 aromatic carbocycles. The summed E-state index contributed by atoms with van der Waals surface area (Å²) in [5.74, 6) is 2.29. The second-order valence-corrected chi connectivity index (χ2v) is 7.03. The van der Waals surface area contributed by atoms with E-state index >= 15 is 0 Å². The van der Waals surface area contributed by atoms with Crippen molar-refractivity contribution in [3.05, 3.63) is 40.3 Å². The molecule has 0 radical (unpaired) electrons. The van der Waals surface area contributed by atoms with Crippen LogP contribution in [0.1, 0.15) is 10.7 Å². The second kappa shape index (κ2) is 7.03. The zero-order valence-electron chi connectivity index (χ0n) is 14.0. The maximum atomic E-state index is 10.3. The summed E-state index contributed by atoms with van der Waals surface area (Å²) < 4.78 is 18.9. The molecule has 7 heteroatoms. The third-order valence-electron chi connectivity index (χ3n) is 4.13. The van der Waals surface area contributed by atoms with Gasteiger partial charge in [-0.05, 0) is 18.4 Å². The molecule has 25 heavy (non-hydrogen) atoms. The van der Waals surface area contributed by atoms with Crippen LogP contribution < -0.4 is 9.47 Å². The molecule has 1 atom stereocenters. The fourth-order valence-electron chi connectivity index (χ4n) is 2.97. The van der Waals surface area contributed by atoms with Crippen LogP contribution in [0.25, 0.3) is 11.0 Å². The Morgan fingerprint density at radius 2 is 2.12 bits per heavy atom. The van der Waals surface area contributed by atoms with Gasteiger partial charge in [-0.15, -0.1) is 11.3 Å². The van der Waals surface area contributed by atoms with Crippen molar-refractivity contribution in [2.45, 2.75) is 26.2 Å². The molecule has 0 saturated carbocycles. The van der Waals surface area contributed by atoms with Gasteiger partial charge in [-0.1, -0.05) is 6.07 Å². The van der Waals surface area contributed by atoms with E-state index in [9.17, 15) is 5.11 Å². The van der Waals surface area contributed by atoms with Crippen molar-refractivity contribution in [2.75, 3.05) is 19.8 Å². The highest BCUT2D eigenvalue weighted by atomic mass is 32.1. The number of nitrogens with zero attached hydrogens (tertiary/aromatic N) is 2. The van der Waals surface area contributed by atoms with E-state index in [0.29, 0.717) is 26.4 Å². The summed E-state index contributed by atoms with van der Waals surface area (Å²) in [5.41, 5.74) is 1.77. The summed E-state index contributed by atoms with van der Waals surface area (Å²) >= 11 is 1.65. The highest BCUT2D eigenvalue weighted by Crippen LogP contribution is 2.34. The van der Waals surface area contributed by atoms with E-state index in [4.69, 9.17) is 14.2 Å². The van der Waals surface area contributed by atoms with Gasteiger partial charge in [0, 0.05) is 17.0 Å². The van der Waals surface area contributed by atoms with Crippen molar-refractivity contribution in [3.63, 3.8) is 0 Å². The van der Waals surface area contributed by atoms with E-state index < -0.39 is 6.10 Å². The van der Waals surface area contributed by atoms with Crippen LogP contribution in [0.3, 0.4) is 0 Å². The van der Waals surface area contributed by atoms with Gasteiger partial charge in [-0.25, -0.2) is 4.98 Å². The average molecular weight is 360 g/mol. The van der Waals surface area contributed by atoms with E-state index in [1.165, 1.54) is 0 Å². The first kappa shape index (κ1) is 16.4. The first-order valence-electron chi connectivity index (χ1n) is 8.25. The molecule has 3 aromatic rings. The third kappa shape index (κ3) is 3.49. The predicted octanol–water partition coefficient (Wildman–Crippen LogP) is 2.76. The molecule has 4 rings (SSSR count). The van der Waals surface area contributed by atoms with Crippen LogP contribution in [-0.2, 0) is 17.9 Å². The van der Waals surface area contributed by atoms with E-state index in [1.807, 2.05) is 41.1 Å². The lowest BCUT2D eigenvalue weighted by Crippen LogP contribution is -2.22. The average Bonchev–Trinajstić information content (AvgIpc) is 3.22. The Morgan fingerprint density at radius 3 is 2.88 bits per heavy atom. The van der Waals surface area contributed by atoms with Crippen molar-refractivity contribution in [1.82, 2.24) is 9.55 Å². The molecule has 0 bridgehead atoms. The maximum absolute atomic E-state index is 10.3. The van der Waals surface area contributed by atoms with Gasteiger partial charge in [0.15, 0.2) is 11.5 Å². The van der Waals surface area contributed by atoms with Crippen LogP contribution in [0.4, 0.5) is 0 Å². The number of hydrogen-bond donors (Lipinski definition) is 1. The number of aromatic nitrogens is 2. The Labute approximate surface area is 149 Å². The zero-order chi connectivity index (χ0) is 17.2. The van der Waals surface area contributed by atoms with Gasteiger partial charge in [0.1, 0.15) is 19.0 Å². The molecular weight excluding hydrogens is 340 g/mol. The second-order valence-electron chi connectivity index (χ2n) is 6.00. The normalized spacial score (nSPS) is 14.8. The summed E-state index contributed by atoms with van der Waals surface area (Å²) in [4.78, 5) is 5.73. The molecule has 3 heterocycles. The molecule has 132 valence electrons. The Balaban J connectivity index is 1.47. The third-order valence-corrected chi connectivity index (χ3v) is 4.98. The number of benzene rings is 1. The molecule has 0 aliphatic carbocycles. The SMILES string of the molecule is Cc1nc2cc3c(cc2n1C[C@@H](O)COCc1cccs1)OCCO3. The fourth-order valence-corrected chi connectivity index (χ4v) is 3.61. The zero-order valence-corrected chi connectivity index (χ0v) is 14.8. The smallest absolute Gasteiger partial charge is 0.163 e. The fraction of sp³-hybridized carbons (Fsp3) is 0.389. The summed E-state index contributed by atoms with van der Waals surface area (Å²) in [6.07, 6.45) is -0.607. The Bertz CT molecular complexity index is 860. The van der Waals surface area contributed by atoms with Crippen molar-refractivity contribution in [1.29, 1.82) is 0 Å². The number of hydrogen-bond acceptors (Lipinski definition) is 6. The van der Waals surface area contributed by atoms with E-state index in [0.717, 1.165) is 33.2 Å². The van der Waals surface area contributed by atoms with Gasteiger partial charge in [0.2, 0.25) is 0 Å². The predicted molar refractivity (Wildman–Crippen MR) is 95.4 cm³/mol. The molecule has 1 aliphatic heterocycles. The topological polar surface area (TPSA) is 65.7 Å². The number of imidazole rings is 1. The Morgan fingerprint density at radius 1 is 1.32 bits per heavy atom. The monoisotopic (exact) mass is 360 g/mol. The van der Waals surface area contributed by atoms with Crippen molar-refractivity contribution < 1.29 is 19.3 Å². The molecule has 1 N–H and O–H groups in total. The van der Waals surface area contributed by atoms with Gasteiger partial charge in [-0.2, -0.15) is 0 Å². The molecule has 0 saturated heterocycles. The van der Waals surface area contributed by atoms with Crippen molar-refractivity contribution in [3.8, 4) is 11.5 Å². The van der Waals surface area contributed by atoms with Gasteiger partial charge in [0.05, 0.1) is 36.9 Å². The molecule has 0 amide bonds. The highest BCUT2D eigenvalue weighted by Gasteiger charge is 2.18. The minimum atomic E-state index is -0.607. The maximum Gasteiger partial charge on any atom is 0.163 e. The van der Waals surface area contributed by atoms with Crippen LogP contribution in [0.2, 0.25) is 0 Å². The molecule has 6 nitrogen and oxygen atoms in total. The first-order valence-corrected chi connectivity index (χ1v) is 9.13. The minimum absolute atomic E-state index is 0.279. The largest absolute Gasteiger partial charge is 0.486 e. The molecular formula is C18H20N2O4S. The number of aryl methyl sites for hydroxylation is 1. The van der Waals surface area contributed by atoms with Gasteiger partial charge >= 0.3 is 0 Å². The number of thiophene rings is 1. The van der Waals surface area contributed by atoms with Crippen LogP contribution in [0.5, 0.6) is 11.5 Å². The Hall–Kier alpha value is -2.09. The first-order chi connectivity index (χ1) is 12.2. The van der Waals surface area contributed by atoms with Crippen LogP contribution in [-0.4, -0.2) is 40.6 Å². The summed E-state index contributed by atoms with van der Waals surface area (Å²) in [7, 11) is 0. The molecule has 1 aliphatic rings. The number of rotatable bonds is 6. The number of fused-ring (bicyclic) bond motifs is 2. The molecule has 2 aromatic heterocycles. The van der Waals surface area contributed by atoms with E-state index in [-0.39, 0.29) is 6.61 Å². The molecule has 0 unspecified atom stereocenters. The molecule has 0 spiro atoms. The van der Waals surface area contributed by atoms with Crippen molar-refractivity contribution in [2.24, 2.45) is 0 Å². The number of ether oxygens (including phenoxy) is 3. The van der Waals surface area contributed by atoms with E-state index in [2.05, 4.69) is 4.98 Å². The van der Waals surface area contributed by atoms with Crippen LogP contribution in [0, 0.1) is 6.92 Å². The van der Waals surface area contributed by atoms with Gasteiger partial charge in [0.25, 0.3) is 0 Å². The lowest BCUT2D eigenvalue weighted by Gasteiger charge is -2.19. The lowest BCUT2D eigenvalue weighted by atomic mass is 10.2. The van der Waals surface area contributed by atoms with Gasteiger partial charge in [-0.3, -0.25) is 0 Å². The number of aliphatic hydroxyl groups excluding tert-OH is 1. The van der Waals surface area contributed by atoms with Crippen LogP contribution in [0.15, 0.2) is 29.6 Å². The number of aliphatic hydroxyl groups is 1. The highest BCUT2D eigenvalue weighted by molar-refractivity contribution is 7.09. The standard InChI is InChI=1S/C18H20N2O4S/c1-12-19-15-7-17-18(24-5-4-23-17)8-16(15)20(12)9-13(21)10-22-11-14-3-2-6-25-14/h2-3,6-8,13,21H,4-5,9-11H2,1H3/t13-/m1/s1. The van der Waals surface area contributed by atoms with Crippen LogP contribution >= 0.6 is 11.3 Å². The minimum Gasteiger partial charge on any atom is -0.486 e. The summed E-state index contributed by atoms with van der Waals surface area (Å²) in [6.45, 7) is 4.26. The lowest BCUT2D eigenvalue weighted by molar-refractivity contribution is 0.0215. The quantitative estimate of drug-likeness (QED) is 0.732. The summed E-state index contributed by atoms with van der Waals surface area (Å²) in [6, 6.07) is 7.85. The Kier molecular flexibility index (Phi) is 4.61. The van der Waals surface area contributed by atoms with E-state index in [1.54, 1.807) is 11.3 Å². The summed E-state index contributed by atoms with van der Waals surface area (Å²) in [5, 5.41) is 12.4. The van der Waals surface area contributed by atoms with Gasteiger partial charge < -0.3 is 23.9 Å².